The van der Waals surface area contributed by atoms with E-state index in [1.807, 2.05) is 0 Å². The highest BCUT2D eigenvalue weighted by Crippen LogP contribution is 2.33. The highest BCUT2D eigenvalue weighted by molar-refractivity contribution is 9.10. The Morgan fingerprint density at radius 3 is 2.44 bits per heavy atom. The molecule has 1 aromatic carbocycles. The third kappa shape index (κ3) is 2.04. The van der Waals surface area contributed by atoms with Gasteiger partial charge in [-0.3, -0.25) is 4.79 Å². The van der Waals surface area contributed by atoms with E-state index in [0.29, 0.717) is 0 Å². The molecule has 0 unspecified atom stereocenters. The topological polar surface area (TPSA) is 63.6 Å². The van der Waals surface area contributed by atoms with Gasteiger partial charge in [-0.05, 0) is 22.0 Å². The van der Waals surface area contributed by atoms with Gasteiger partial charge in [0.25, 0.3) is 5.78 Å². The van der Waals surface area contributed by atoms with E-state index in [1.54, 1.807) is 0 Å². The molecule has 0 bridgehead atoms. The fourth-order valence-electron chi connectivity index (χ4n) is 1.09. The van der Waals surface area contributed by atoms with E-state index in [9.17, 15) is 18.4 Å². The van der Waals surface area contributed by atoms with Gasteiger partial charge in [0.2, 0.25) is 0 Å². The summed E-state index contributed by atoms with van der Waals surface area (Å²) >= 11 is 2.83. The van der Waals surface area contributed by atoms with Gasteiger partial charge < -0.3 is 9.84 Å². The molecule has 0 fully saturated rings. The molecule has 4 nitrogen and oxygen atoms in total. The van der Waals surface area contributed by atoms with E-state index < -0.39 is 29.0 Å². The predicted molar refractivity (Wildman–Crippen MR) is 52.6 cm³/mol. The fraction of sp³-hybridized carbons (Fsp3) is 0.111. The van der Waals surface area contributed by atoms with Crippen LogP contribution in [0.3, 0.4) is 0 Å². The van der Waals surface area contributed by atoms with Gasteiger partial charge >= 0.3 is 5.97 Å². The summed E-state index contributed by atoms with van der Waals surface area (Å²) in [7, 11) is 1.11. The predicted octanol–water partition coefficient (Wildman–Crippen LogP) is 2.00. The van der Waals surface area contributed by atoms with E-state index in [0.717, 1.165) is 13.2 Å². The molecule has 0 saturated carbocycles. The van der Waals surface area contributed by atoms with Crippen molar-refractivity contribution in [2.45, 2.75) is 0 Å². The normalized spacial score (nSPS) is 10.0. The quantitative estimate of drug-likeness (QED) is 0.526. The number of carboxylic acids is 1. The highest BCUT2D eigenvalue weighted by atomic mass is 79.9. The summed E-state index contributed by atoms with van der Waals surface area (Å²) in [5.74, 6) is -6.71. The van der Waals surface area contributed by atoms with E-state index >= 15 is 0 Å². The number of ketones is 1. The number of carbonyl (C=O) groups is 2. The standard InChI is InChI=1S/C9H5BrF2O4/c1-16-8-3(10)2-4(11)6(12)5(8)7(13)9(14)15/h2H,1H3,(H,14,15). The molecule has 0 saturated heterocycles. The summed E-state index contributed by atoms with van der Waals surface area (Å²) in [5, 5.41) is 8.45. The third-order valence-corrected chi connectivity index (χ3v) is 2.34. The molecular formula is C9H5BrF2O4. The average molecular weight is 295 g/mol. The summed E-state index contributed by atoms with van der Waals surface area (Å²) in [6.45, 7) is 0. The first-order valence-electron chi connectivity index (χ1n) is 3.89. The zero-order chi connectivity index (χ0) is 12.5. The van der Waals surface area contributed by atoms with Gasteiger partial charge in [0.1, 0.15) is 11.3 Å². The van der Waals surface area contributed by atoms with E-state index in [1.165, 1.54) is 0 Å². The van der Waals surface area contributed by atoms with Crippen LogP contribution >= 0.6 is 15.9 Å². The second-order valence-corrected chi connectivity index (χ2v) is 3.55. The number of Topliss-reactive ketones (excluding diaryl/α,β-unsaturated/α-hetero) is 1. The second kappa shape index (κ2) is 4.56. The van der Waals surface area contributed by atoms with Crippen molar-refractivity contribution in [3.8, 4) is 5.75 Å². The Bertz CT molecular complexity index is 473. The monoisotopic (exact) mass is 294 g/mol. The molecule has 0 heterocycles. The van der Waals surface area contributed by atoms with Crippen LogP contribution in [0.5, 0.6) is 5.75 Å². The number of aliphatic carboxylic acids is 1. The molecule has 0 aliphatic rings. The Labute approximate surface area is 97.0 Å². The Morgan fingerprint density at radius 1 is 1.44 bits per heavy atom. The van der Waals surface area contributed by atoms with Gasteiger partial charge in [0.05, 0.1) is 11.6 Å². The van der Waals surface area contributed by atoms with Crippen molar-refractivity contribution in [3.63, 3.8) is 0 Å². The van der Waals surface area contributed by atoms with Crippen molar-refractivity contribution in [2.75, 3.05) is 7.11 Å². The summed E-state index contributed by atoms with van der Waals surface area (Å²) in [6, 6.07) is 0.743. The lowest BCUT2D eigenvalue weighted by Gasteiger charge is -2.09. The van der Waals surface area contributed by atoms with Crippen LogP contribution in [0, 0.1) is 11.6 Å². The molecule has 16 heavy (non-hydrogen) atoms. The molecule has 0 amide bonds. The molecule has 86 valence electrons. The number of carboxylic acid groups (broad SMARTS) is 1. The largest absolute Gasteiger partial charge is 0.495 e. The molecule has 1 rings (SSSR count). The van der Waals surface area contributed by atoms with E-state index in [-0.39, 0.29) is 10.2 Å². The first-order valence-corrected chi connectivity index (χ1v) is 4.68. The first-order chi connectivity index (χ1) is 7.40. The number of methoxy groups -OCH3 is 1. The van der Waals surface area contributed by atoms with E-state index in [2.05, 4.69) is 20.7 Å². The maximum absolute atomic E-state index is 13.3. The lowest BCUT2D eigenvalue weighted by atomic mass is 10.1. The number of hydrogen-bond acceptors (Lipinski definition) is 3. The SMILES string of the molecule is COc1c(Br)cc(F)c(F)c1C(=O)C(=O)O. The van der Waals surface area contributed by atoms with Crippen LogP contribution in [0.15, 0.2) is 10.5 Å². The van der Waals surface area contributed by atoms with Gasteiger partial charge in [0.15, 0.2) is 11.6 Å². The lowest BCUT2D eigenvalue weighted by molar-refractivity contribution is -0.131. The number of rotatable bonds is 3. The smallest absolute Gasteiger partial charge is 0.377 e. The van der Waals surface area contributed by atoms with Crippen LogP contribution in [0.1, 0.15) is 10.4 Å². The molecular weight excluding hydrogens is 290 g/mol. The number of ether oxygens (including phenoxy) is 1. The maximum atomic E-state index is 13.3. The van der Waals surface area contributed by atoms with Crippen LogP contribution in [0.2, 0.25) is 0 Å². The van der Waals surface area contributed by atoms with Crippen LogP contribution in [-0.2, 0) is 4.79 Å². The molecule has 0 radical (unpaired) electrons. The summed E-state index contributed by atoms with van der Waals surface area (Å²) in [5.41, 5.74) is -0.943. The molecule has 0 aliphatic carbocycles. The third-order valence-electron chi connectivity index (χ3n) is 1.75. The maximum Gasteiger partial charge on any atom is 0.377 e. The van der Waals surface area contributed by atoms with Gasteiger partial charge in [-0.2, -0.15) is 0 Å². The van der Waals surface area contributed by atoms with Crippen molar-refractivity contribution in [1.82, 2.24) is 0 Å². The van der Waals surface area contributed by atoms with Crippen LogP contribution in [0.25, 0.3) is 0 Å². The number of carbonyl (C=O) groups excluding carboxylic acids is 1. The summed E-state index contributed by atoms with van der Waals surface area (Å²) in [6.07, 6.45) is 0. The van der Waals surface area contributed by atoms with Crippen molar-refractivity contribution in [1.29, 1.82) is 0 Å². The Hall–Kier alpha value is -1.50. The highest BCUT2D eigenvalue weighted by Gasteiger charge is 2.28. The Balaban J connectivity index is 3.57. The van der Waals surface area contributed by atoms with Gasteiger partial charge in [0, 0.05) is 0 Å². The minimum Gasteiger partial charge on any atom is -0.495 e. The zero-order valence-corrected chi connectivity index (χ0v) is 9.47. The molecule has 0 aliphatic heterocycles. The molecule has 0 spiro atoms. The summed E-state index contributed by atoms with van der Waals surface area (Å²) < 4.78 is 30.9. The minimum absolute atomic E-state index is 0.0431. The van der Waals surface area contributed by atoms with Gasteiger partial charge in [-0.1, -0.05) is 0 Å². The first kappa shape index (κ1) is 12.6. The van der Waals surface area contributed by atoms with Crippen LogP contribution < -0.4 is 4.74 Å². The van der Waals surface area contributed by atoms with Crippen molar-refractivity contribution >= 4 is 27.7 Å². The number of halogens is 3. The average Bonchev–Trinajstić information content (AvgIpc) is 2.21. The Kier molecular flexibility index (Phi) is 3.58. The molecule has 1 aromatic rings. The van der Waals surface area contributed by atoms with Crippen LogP contribution in [-0.4, -0.2) is 24.0 Å². The number of hydrogen-bond donors (Lipinski definition) is 1. The van der Waals surface area contributed by atoms with Crippen molar-refractivity contribution in [2.24, 2.45) is 0 Å². The Morgan fingerprint density at radius 2 is 2.00 bits per heavy atom. The molecule has 7 heteroatoms. The molecule has 1 N–H and O–H groups in total. The molecule has 0 aromatic heterocycles. The van der Waals surface area contributed by atoms with Crippen molar-refractivity contribution < 1.29 is 28.2 Å². The molecule has 0 atom stereocenters. The fourth-order valence-corrected chi connectivity index (χ4v) is 1.65. The lowest BCUT2D eigenvalue weighted by Crippen LogP contribution is -2.17. The zero-order valence-electron chi connectivity index (χ0n) is 7.88. The minimum atomic E-state index is -1.89. The van der Waals surface area contributed by atoms with E-state index in [4.69, 9.17) is 5.11 Å². The second-order valence-electron chi connectivity index (χ2n) is 2.70. The van der Waals surface area contributed by atoms with Gasteiger partial charge in [-0.15, -0.1) is 0 Å². The van der Waals surface area contributed by atoms with Crippen molar-refractivity contribution in [3.05, 3.63) is 27.7 Å². The van der Waals surface area contributed by atoms with Crippen LogP contribution in [0.4, 0.5) is 8.78 Å². The van der Waals surface area contributed by atoms with Gasteiger partial charge in [-0.25, -0.2) is 13.6 Å². The number of benzene rings is 1. The summed E-state index contributed by atoms with van der Waals surface area (Å²) in [4.78, 5) is 21.6.